The van der Waals surface area contributed by atoms with Crippen molar-refractivity contribution in [1.29, 1.82) is 0 Å². The second kappa shape index (κ2) is 7.23. The minimum absolute atomic E-state index is 0.0188. The molecule has 2 aromatic rings. The second-order valence-electron chi connectivity index (χ2n) is 7.61. The number of imide groups is 1. The van der Waals surface area contributed by atoms with Gasteiger partial charge in [-0.25, -0.2) is 9.67 Å². The molecule has 1 saturated heterocycles. The van der Waals surface area contributed by atoms with Crippen molar-refractivity contribution < 1.29 is 9.59 Å². The number of aromatic nitrogens is 3. The number of hydrogen-bond donors (Lipinski definition) is 0. The Labute approximate surface area is 159 Å². The quantitative estimate of drug-likeness (QED) is 0.759. The van der Waals surface area contributed by atoms with E-state index in [-0.39, 0.29) is 29.7 Å². The minimum atomic E-state index is -0.0862. The molecule has 1 saturated carbocycles. The first-order chi connectivity index (χ1) is 13.1. The van der Waals surface area contributed by atoms with Gasteiger partial charge in [0.2, 0.25) is 11.8 Å². The first-order valence-corrected chi connectivity index (χ1v) is 9.56. The van der Waals surface area contributed by atoms with E-state index in [0.717, 1.165) is 36.9 Å². The lowest BCUT2D eigenvalue weighted by atomic mass is 9.81. The van der Waals surface area contributed by atoms with Gasteiger partial charge in [0.1, 0.15) is 12.7 Å². The minimum Gasteiger partial charge on any atom is -0.282 e. The summed E-state index contributed by atoms with van der Waals surface area (Å²) >= 11 is 0. The molecule has 0 N–H and O–H groups in total. The van der Waals surface area contributed by atoms with E-state index in [1.54, 1.807) is 11.0 Å². The third-order valence-electron chi connectivity index (χ3n) is 6.02. The highest BCUT2D eigenvalue weighted by atomic mass is 16.2. The molecule has 0 bridgehead atoms. The summed E-state index contributed by atoms with van der Waals surface area (Å²) in [5.41, 5.74) is 2.07. The summed E-state index contributed by atoms with van der Waals surface area (Å²) in [7, 11) is 1.96. The summed E-state index contributed by atoms with van der Waals surface area (Å²) in [6.07, 6.45) is 6.99. The molecule has 2 aliphatic rings. The van der Waals surface area contributed by atoms with Crippen LogP contribution in [0.1, 0.15) is 44.2 Å². The largest absolute Gasteiger partial charge is 0.282 e. The molecule has 7 nitrogen and oxygen atoms in total. The van der Waals surface area contributed by atoms with Crippen LogP contribution in [0.25, 0.3) is 5.69 Å². The van der Waals surface area contributed by atoms with E-state index in [0.29, 0.717) is 6.67 Å². The molecule has 1 aromatic heterocycles. The average molecular weight is 367 g/mol. The molecule has 2 amide bonds. The molecule has 3 atom stereocenters. The third-order valence-corrected chi connectivity index (χ3v) is 6.02. The lowest BCUT2D eigenvalue weighted by Gasteiger charge is -2.29. The average Bonchev–Trinajstić information content (AvgIpc) is 3.32. The first kappa shape index (κ1) is 17.9. The van der Waals surface area contributed by atoms with Crippen LogP contribution in [-0.4, -0.2) is 50.1 Å². The Kier molecular flexibility index (Phi) is 4.78. The maximum absolute atomic E-state index is 12.7. The van der Waals surface area contributed by atoms with Crippen LogP contribution in [0.4, 0.5) is 0 Å². The predicted molar refractivity (Wildman–Crippen MR) is 99.7 cm³/mol. The van der Waals surface area contributed by atoms with Crippen molar-refractivity contribution in [2.45, 2.75) is 38.6 Å². The number of hydrogen-bond acceptors (Lipinski definition) is 5. The van der Waals surface area contributed by atoms with Gasteiger partial charge in [-0.2, -0.15) is 5.10 Å². The molecule has 27 heavy (non-hydrogen) atoms. The lowest BCUT2D eigenvalue weighted by Crippen LogP contribution is -2.41. The molecule has 1 aliphatic carbocycles. The summed E-state index contributed by atoms with van der Waals surface area (Å²) < 4.78 is 1.71. The number of fused-ring (bicyclic) bond motifs is 1. The molecule has 7 heteroatoms. The van der Waals surface area contributed by atoms with E-state index in [4.69, 9.17) is 0 Å². The van der Waals surface area contributed by atoms with E-state index in [1.807, 2.05) is 31.3 Å². The Morgan fingerprint density at radius 2 is 1.74 bits per heavy atom. The van der Waals surface area contributed by atoms with Gasteiger partial charge in [0.05, 0.1) is 24.2 Å². The molecule has 142 valence electrons. The maximum atomic E-state index is 12.7. The fourth-order valence-electron chi connectivity index (χ4n) is 4.22. The van der Waals surface area contributed by atoms with E-state index in [1.165, 1.54) is 11.2 Å². The van der Waals surface area contributed by atoms with Gasteiger partial charge in [-0.1, -0.05) is 25.0 Å². The van der Waals surface area contributed by atoms with Crippen molar-refractivity contribution in [3.05, 3.63) is 42.5 Å². The van der Waals surface area contributed by atoms with Crippen LogP contribution >= 0.6 is 0 Å². The molecule has 1 aliphatic heterocycles. The zero-order chi connectivity index (χ0) is 19.0. The molecular weight excluding hydrogens is 342 g/mol. The monoisotopic (exact) mass is 367 g/mol. The second-order valence-corrected chi connectivity index (χ2v) is 7.61. The number of carbonyl (C=O) groups excluding carboxylic acids is 2. The zero-order valence-corrected chi connectivity index (χ0v) is 15.8. The van der Waals surface area contributed by atoms with Crippen molar-refractivity contribution >= 4 is 11.8 Å². The van der Waals surface area contributed by atoms with Gasteiger partial charge in [0.25, 0.3) is 0 Å². The zero-order valence-electron chi connectivity index (χ0n) is 15.8. The van der Waals surface area contributed by atoms with Crippen LogP contribution in [0, 0.1) is 11.8 Å². The summed E-state index contributed by atoms with van der Waals surface area (Å²) in [6, 6.07) is 8.17. The van der Waals surface area contributed by atoms with Crippen molar-refractivity contribution in [2.24, 2.45) is 11.8 Å². The van der Waals surface area contributed by atoms with Gasteiger partial charge in [0.15, 0.2) is 0 Å². The highest BCUT2D eigenvalue weighted by Gasteiger charge is 2.48. The van der Waals surface area contributed by atoms with Gasteiger partial charge in [-0.05, 0) is 44.5 Å². The molecule has 0 unspecified atom stereocenters. The molecule has 2 heterocycles. The van der Waals surface area contributed by atoms with Gasteiger partial charge in [-0.3, -0.25) is 19.4 Å². The number of likely N-dealkylation sites (tertiary alicyclic amines) is 1. The third kappa shape index (κ3) is 3.27. The Balaban J connectivity index is 1.44. The summed E-state index contributed by atoms with van der Waals surface area (Å²) in [6.45, 7) is 2.43. The fraction of sp³-hybridized carbons (Fsp3) is 0.500. The number of carbonyl (C=O) groups is 2. The molecule has 2 fully saturated rings. The number of benzene rings is 1. The normalized spacial score (nSPS) is 23.7. The topological polar surface area (TPSA) is 71.3 Å². The van der Waals surface area contributed by atoms with Gasteiger partial charge in [-0.15, -0.1) is 0 Å². The molecule has 0 radical (unpaired) electrons. The first-order valence-electron chi connectivity index (χ1n) is 9.56. The predicted octanol–water partition coefficient (Wildman–Crippen LogP) is 2.39. The van der Waals surface area contributed by atoms with Crippen LogP contribution in [0.3, 0.4) is 0 Å². The number of amides is 2. The molecule has 0 spiro atoms. The van der Waals surface area contributed by atoms with Crippen molar-refractivity contribution in [3.8, 4) is 5.69 Å². The Morgan fingerprint density at radius 3 is 2.30 bits per heavy atom. The number of nitrogens with zero attached hydrogens (tertiary/aromatic N) is 5. The Hall–Kier alpha value is -2.54. The summed E-state index contributed by atoms with van der Waals surface area (Å²) in [5, 5.41) is 4.13. The van der Waals surface area contributed by atoms with E-state index < -0.39 is 0 Å². The van der Waals surface area contributed by atoms with Crippen molar-refractivity contribution in [1.82, 2.24) is 24.6 Å². The van der Waals surface area contributed by atoms with E-state index in [2.05, 4.69) is 21.9 Å². The Morgan fingerprint density at radius 1 is 1.11 bits per heavy atom. The van der Waals surface area contributed by atoms with Gasteiger partial charge >= 0.3 is 0 Å². The van der Waals surface area contributed by atoms with Gasteiger partial charge in [0, 0.05) is 6.04 Å². The molecule has 4 rings (SSSR count). The highest BCUT2D eigenvalue weighted by molar-refractivity contribution is 6.05. The fourth-order valence-corrected chi connectivity index (χ4v) is 4.22. The maximum Gasteiger partial charge on any atom is 0.234 e. The highest BCUT2D eigenvalue weighted by Crippen LogP contribution is 2.38. The Bertz CT molecular complexity index is 793. The van der Waals surface area contributed by atoms with Gasteiger partial charge < -0.3 is 0 Å². The van der Waals surface area contributed by atoms with Crippen LogP contribution in [0.2, 0.25) is 0 Å². The van der Waals surface area contributed by atoms with Crippen LogP contribution < -0.4 is 0 Å². The van der Waals surface area contributed by atoms with Crippen LogP contribution in [0.5, 0.6) is 0 Å². The van der Waals surface area contributed by atoms with Crippen LogP contribution in [-0.2, 0) is 9.59 Å². The molecular formula is C20H25N5O2. The lowest BCUT2D eigenvalue weighted by molar-refractivity contribution is -0.142. The summed E-state index contributed by atoms with van der Waals surface area (Å²) in [5.74, 6) is -0.135. The standard InChI is InChI=1S/C20H25N5O2/c1-14(15-7-9-16(10-8-15)25-12-21-11-22-25)23(2)13-24-19(26)17-5-3-4-6-18(17)20(24)27/h7-12,14,17-18H,3-6,13H2,1-2H3/t14-,17-,18+/m1/s1. The molecule has 1 aromatic carbocycles. The van der Waals surface area contributed by atoms with E-state index >= 15 is 0 Å². The summed E-state index contributed by atoms with van der Waals surface area (Å²) in [4.78, 5) is 32.9. The SMILES string of the molecule is C[C@H](c1ccc(-n2cncn2)cc1)N(C)CN1C(=O)[C@H]2CCCC[C@H]2C1=O. The van der Waals surface area contributed by atoms with Crippen molar-refractivity contribution in [3.63, 3.8) is 0 Å². The van der Waals surface area contributed by atoms with E-state index in [9.17, 15) is 9.59 Å². The van der Waals surface area contributed by atoms with Crippen molar-refractivity contribution in [2.75, 3.05) is 13.7 Å². The van der Waals surface area contributed by atoms with Crippen LogP contribution in [0.15, 0.2) is 36.9 Å². The number of rotatable bonds is 5. The smallest absolute Gasteiger partial charge is 0.234 e.